The molecule has 0 saturated carbocycles. The highest BCUT2D eigenvalue weighted by atomic mass is 16.5. The van der Waals surface area contributed by atoms with Crippen molar-refractivity contribution in [1.82, 2.24) is 5.32 Å². The lowest BCUT2D eigenvalue weighted by atomic mass is 10.0. The van der Waals surface area contributed by atoms with Crippen molar-refractivity contribution in [2.75, 3.05) is 7.05 Å². The van der Waals surface area contributed by atoms with Gasteiger partial charge in [-0.1, -0.05) is 50.2 Å². The molecule has 1 N–H and O–H groups in total. The van der Waals surface area contributed by atoms with Crippen LogP contribution in [-0.2, 0) is 13.2 Å². The molecular weight excluding hydrogens is 246 g/mol. The highest BCUT2D eigenvalue weighted by Crippen LogP contribution is 2.19. The van der Waals surface area contributed by atoms with E-state index in [1.165, 1.54) is 16.7 Å². The molecular formula is C18H23NO. The Labute approximate surface area is 121 Å². The molecule has 106 valence electrons. The van der Waals surface area contributed by atoms with Crippen LogP contribution in [0.5, 0.6) is 5.75 Å². The summed E-state index contributed by atoms with van der Waals surface area (Å²) in [6.07, 6.45) is 0. The molecule has 0 radical (unpaired) electrons. The summed E-state index contributed by atoms with van der Waals surface area (Å²) in [6.45, 7) is 5.89. The Bertz CT molecular complexity index is 531. The molecule has 0 amide bonds. The number of hydrogen-bond acceptors (Lipinski definition) is 2. The van der Waals surface area contributed by atoms with Gasteiger partial charge in [-0.05, 0) is 41.8 Å². The molecule has 0 fully saturated rings. The maximum absolute atomic E-state index is 5.84. The fourth-order valence-corrected chi connectivity index (χ4v) is 2.15. The minimum Gasteiger partial charge on any atom is -0.489 e. The van der Waals surface area contributed by atoms with Crippen molar-refractivity contribution in [2.24, 2.45) is 0 Å². The monoisotopic (exact) mass is 269 g/mol. The molecule has 20 heavy (non-hydrogen) atoms. The summed E-state index contributed by atoms with van der Waals surface area (Å²) in [6, 6.07) is 16.8. The van der Waals surface area contributed by atoms with E-state index < -0.39 is 0 Å². The van der Waals surface area contributed by atoms with Gasteiger partial charge in [-0.15, -0.1) is 0 Å². The van der Waals surface area contributed by atoms with Gasteiger partial charge in [-0.2, -0.15) is 0 Å². The smallest absolute Gasteiger partial charge is 0.119 e. The minimum absolute atomic E-state index is 0.558. The standard InChI is InChI=1S/C18H23NO/c1-14(2)17-7-9-18(10-8-17)20-13-16-6-4-5-15(11-16)12-19-3/h4-11,14,19H,12-13H2,1-3H3. The SMILES string of the molecule is CNCc1cccc(COc2ccc(C(C)C)cc2)c1. The van der Waals surface area contributed by atoms with Gasteiger partial charge in [0.1, 0.15) is 12.4 Å². The number of rotatable bonds is 6. The molecule has 2 rings (SSSR count). The lowest BCUT2D eigenvalue weighted by Gasteiger charge is -2.10. The van der Waals surface area contributed by atoms with E-state index in [0.717, 1.165) is 12.3 Å². The fraction of sp³-hybridized carbons (Fsp3) is 0.333. The summed E-state index contributed by atoms with van der Waals surface area (Å²) in [5.74, 6) is 1.48. The molecule has 0 aliphatic carbocycles. The average molecular weight is 269 g/mol. The summed E-state index contributed by atoms with van der Waals surface area (Å²) in [5.41, 5.74) is 3.82. The van der Waals surface area contributed by atoms with Crippen LogP contribution >= 0.6 is 0 Å². The quantitative estimate of drug-likeness (QED) is 0.852. The number of ether oxygens (including phenoxy) is 1. The first-order valence-electron chi connectivity index (χ1n) is 7.14. The largest absolute Gasteiger partial charge is 0.489 e. The molecule has 0 heterocycles. The lowest BCUT2D eigenvalue weighted by molar-refractivity contribution is 0.306. The third-order valence-corrected chi connectivity index (χ3v) is 3.32. The van der Waals surface area contributed by atoms with Gasteiger partial charge in [-0.3, -0.25) is 0 Å². The topological polar surface area (TPSA) is 21.3 Å². The number of benzene rings is 2. The van der Waals surface area contributed by atoms with Crippen molar-refractivity contribution in [2.45, 2.75) is 32.9 Å². The van der Waals surface area contributed by atoms with Crippen molar-refractivity contribution < 1.29 is 4.74 Å². The van der Waals surface area contributed by atoms with Gasteiger partial charge in [0.15, 0.2) is 0 Å². The van der Waals surface area contributed by atoms with E-state index in [1.807, 2.05) is 19.2 Å². The van der Waals surface area contributed by atoms with E-state index in [2.05, 4.69) is 55.6 Å². The van der Waals surface area contributed by atoms with Crippen molar-refractivity contribution in [1.29, 1.82) is 0 Å². The van der Waals surface area contributed by atoms with Crippen LogP contribution in [0.15, 0.2) is 48.5 Å². The number of nitrogens with one attached hydrogen (secondary N) is 1. The van der Waals surface area contributed by atoms with Gasteiger partial charge in [0.05, 0.1) is 0 Å². The van der Waals surface area contributed by atoms with Gasteiger partial charge in [0.2, 0.25) is 0 Å². The predicted octanol–water partition coefficient (Wildman–Crippen LogP) is 4.11. The van der Waals surface area contributed by atoms with Crippen LogP contribution in [0.1, 0.15) is 36.5 Å². The summed E-state index contributed by atoms with van der Waals surface area (Å²) in [5, 5.41) is 3.16. The molecule has 0 bridgehead atoms. The summed E-state index contributed by atoms with van der Waals surface area (Å²) in [4.78, 5) is 0. The Balaban J connectivity index is 1.96. The molecule has 2 nitrogen and oxygen atoms in total. The number of hydrogen-bond donors (Lipinski definition) is 1. The van der Waals surface area contributed by atoms with Gasteiger partial charge < -0.3 is 10.1 Å². The van der Waals surface area contributed by atoms with Crippen molar-refractivity contribution in [3.8, 4) is 5.75 Å². The Morgan fingerprint density at radius 3 is 2.35 bits per heavy atom. The van der Waals surface area contributed by atoms with Crippen LogP contribution in [0, 0.1) is 0 Å². The third-order valence-electron chi connectivity index (χ3n) is 3.32. The maximum atomic E-state index is 5.84. The lowest BCUT2D eigenvalue weighted by Crippen LogP contribution is -2.05. The van der Waals surface area contributed by atoms with E-state index in [0.29, 0.717) is 12.5 Å². The first kappa shape index (κ1) is 14.6. The predicted molar refractivity (Wildman–Crippen MR) is 84.1 cm³/mol. The van der Waals surface area contributed by atoms with Crippen LogP contribution in [0.25, 0.3) is 0 Å². The summed E-state index contributed by atoms with van der Waals surface area (Å²) in [7, 11) is 1.96. The highest BCUT2D eigenvalue weighted by molar-refractivity contribution is 5.29. The van der Waals surface area contributed by atoms with Gasteiger partial charge >= 0.3 is 0 Å². The normalized spacial score (nSPS) is 10.8. The molecule has 0 spiro atoms. The van der Waals surface area contributed by atoms with E-state index in [-0.39, 0.29) is 0 Å². The second-order valence-corrected chi connectivity index (χ2v) is 5.36. The molecule has 0 saturated heterocycles. The molecule has 0 aliphatic heterocycles. The van der Waals surface area contributed by atoms with Crippen molar-refractivity contribution in [3.05, 3.63) is 65.2 Å². The zero-order valence-corrected chi connectivity index (χ0v) is 12.5. The van der Waals surface area contributed by atoms with Gasteiger partial charge in [0.25, 0.3) is 0 Å². The minimum atomic E-state index is 0.558. The molecule has 2 aromatic carbocycles. The van der Waals surface area contributed by atoms with Crippen LogP contribution in [0.4, 0.5) is 0 Å². The molecule has 0 unspecified atom stereocenters. The zero-order valence-electron chi connectivity index (χ0n) is 12.5. The third kappa shape index (κ3) is 4.10. The first-order valence-corrected chi connectivity index (χ1v) is 7.14. The Morgan fingerprint density at radius 2 is 1.70 bits per heavy atom. The van der Waals surface area contributed by atoms with E-state index in [4.69, 9.17) is 4.74 Å². The van der Waals surface area contributed by atoms with Crippen LogP contribution < -0.4 is 10.1 Å². The molecule has 2 aromatic rings. The molecule has 0 aliphatic rings. The Morgan fingerprint density at radius 1 is 1.00 bits per heavy atom. The molecule has 0 aromatic heterocycles. The van der Waals surface area contributed by atoms with Crippen LogP contribution in [-0.4, -0.2) is 7.05 Å². The van der Waals surface area contributed by atoms with Crippen LogP contribution in [0.3, 0.4) is 0 Å². The van der Waals surface area contributed by atoms with Crippen molar-refractivity contribution >= 4 is 0 Å². The maximum Gasteiger partial charge on any atom is 0.119 e. The van der Waals surface area contributed by atoms with E-state index in [9.17, 15) is 0 Å². The van der Waals surface area contributed by atoms with E-state index in [1.54, 1.807) is 0 Å². The summed E-state index contributed by atoms with van der Waals surface area (Å²) < 4.78 is 5.84. The average Bonchev–Trinajstić information content (AvgIpc) is 2.46. The molecule has 2 heteroatoms. The van der Waals surface area contributed by atoms with Crippen molar-refractivity contribution in [3.63, 3.8) is 0 Å². The van der Waals surface area contributed by atoms with Gasteiger partial charge in [-0.25, -0.2) is 0 Å². The molecule has 0 atom stereocenters. The Kier molecular flexibility index (Phi) is 5.19. The van der Waals surface area contributed by atoms with Crippen LogP contribution in [0.2, 0.25) is 0 Å². The first-order chi connectivity index (χ1) is 9.69. The summed E-state index contributed by atoms with van der Waals surface area (Å²) >= 11 is 0. The second-order valence-electron chi connectivity index (χ2n) is 5.36. The highest BCUT2D eigenvalue weighted by Gasteiger charge is 2.01. The fourth-order valence-electron chi connectivity index (χ4n) is 2.15. The second kappa shape index (κ2) is 7.11. The van der Waals surface area contributed by atoms with Gasteiger partial charge in [0, 0.05) is 6.54 Å². The Hall–Kier alpha value is -1.80. The zero-order chi connectivity index (χ0) is 14.4. The van der Waals surface area contributed by atoms with E-state index >= 15 is 0 Å².